The van der Waals surface area contributed by atoms with Crippen molar-refractivity contribution in [2.24, 2.45) is 5.92 Å². The molecule has 0 aromatic carbocycles. The number of rotatable bonds is 7. The van der Waals surface area contributed by atoms with Crippen LogP contribution in [0, 0.1) is 5.92 Å². The van der Waals surface area contributed by atoms with Crippen molar-refractivity contribution in [2.45, 2.75) is 33.8 Å². The molecule has 1 heterocycles. The number of likely N-dealkylation sites (N-methyl/N-ethyl adjacent to an activating group) is 1. The summed E-state index contributed by atoms with van der Waals surface area (Å²) in [4.78, 5) is 17.9. The Hall–Kier alpha value is -1.98. The lowest BCUT2D eigenvalue weighted by molar-refractivity contribution is -0.119. The van der Waals surface area contributed by atoms with E-state index in [1.54, 1.807) is 17.0 Å². The number of nitrogens with one attached hydrogen (secondary N) is 1. The van der Waals surface area contributed by atoms with Gasteiger partial charge >= 0.3 is 0 Å². The van der Waals surface area contributed by atoms with Crippen LogP contribution in [0.5, 0.6) is 5.88 Å². The molecule has 0 aliphatic rings. The number of anilines is 2. The zero-order valence-corrected chi connectivity index (χ0v) is 13.5. The molecule has 0 saturated carbocycles. The Morgan fingerprint density at radius 1 is 1.38 bits per heavy atom. The normalized spacial score (nSPS) is 10.8. The molecule has 6 heteroatoms. The van der Waals surface area contributed by atoms with Crippen molar-refractivity contribution < 1.29 is 9.53 Å². The highest BCUT2D eigenvalue weighted by molar-refractivity contribution is 5.81. The second kappa shape index (κ2) is 7.71. The molecule has 0 aliphatic heterocycles. The number of nitrogens with two attached hydrogens (primary N) is 1. The minimum atomic E-state index is -0.0313. The Balaban J connectivity index is 2.69. The van der Waals surface area contributed by atoms with Gasteiger partial charge < -0.3 is 20.7 Å². The number of nitrogens with zero attached hydrogens (tertiary/aromatic N) is 2. The van der Waals surface area contributed by atoms with E-state index in [9.17, 15) is 4.79 Å². The molecule has 0 spiro atoms. The number of amides is 1. The van der Waals surface area contributed by atoms with E-state index in [-0.39, 0.29) is 18.6 Å². The summed E-state index contributed by atoms with van der Waals surface area (Å²) in [7, 11) is 1.81. The fourth-order valence-electron chi connectivity index (χ4n) is 1.64. The number of ether oxygens (including phenoxy) is 1. The molecule has 21 heavy (non-hydrogen) atoms. The number of aromatic nitrogens is 1. The molecule has 0 bridgehead atoms. The van der Waals surface area contributed by atoms with Gasteiger partial charge in [-0.15, -0.1) is 0 Å². The van der Waals surface area contributed by atoms with Crippen molar-refractivity contribution >= 4 is 17.4 Å². The second-order valence-corrected chi connectivity index (χ2v) is 5.78. The number of carbonyl (C=O) groups is 1. The summed E-state index contributed by atoms with van der Waals surface area (Å²) in [6, 6.07) is 3.51. The molecule has 1 aromatic rings. The van der Waals surface area contributed by atoms with E-state index in [4.69, 9.17) is 10.5 Å². The van der Waals surface area contributed by atoms with Crippen LogP contribution < -0.4 is 20.7 Å². The first-order valence-electron chi connectivity index (χ1n) is 7.20. The molecule has 118 valence electrons. The first-order chi connectivity index (χ1) is 9.79. The van der Waals surface area contributed by atoms with Gasteiger partial charge in [-0.05, 0) is 31.9 Å². The minimum absolute atomic E-state index is 0.00491. The Kier molecular flexibility index (Phi) is 6.27. The van der Waals surface area contributed by atoms with Crippen LogP contribution in [0.15, 0.2) is 12.1 Å². The average Bonchev–Trinajstić information content (AvgIpc) is 2.38. The zero-order valence-electron chi connectivity index (χ0n) is 13.5. The van der Waals surface area contributed by atoms with Crippen molar-refractivity contribution in [1.82, 2.24) is 10.3 Å². The van der Waals surface area contributed by atoms with Crippen LogP contribution in [0.2, 0.25) is 0 Å². The van der Waals surface area contributed by atoms with Gasteiger partial charge in [0.05, 0.1) is 18.3 Å². The minimum Gasteiger partial charge on any atom is -0.473 e. The van der Waals surface area contributed by atoms with Crippen LogP contribution in [0.25, 0.3) is 0 Å². The maximum atomic E-state index is 11.8. The van der Waals surface area contributed by atoms with E-state index in [0.29, 0.717) is 29.8 Å². The lowest BCUT2D eigenvalue weighted by atomic mass is 10.2. The predicted molar refractivity (Wildman–Crippen MR) is 85.5 cm³/mol. The van der Waals surface area contributed by atoms with E-state index in [0.717, 1.165) is 0 Å². The van der Waals surface area contributed by atoms with Gasteiger partial charge in [0.2, 0.25) is 11.8 Å². The summed E-state index contributed by atoms with van der Waals surface area (Å²) >= 11 is 0. The van der Waals surface area contributed by atoms with Crippen molar-refractivity contribution in [2.75, 3.05) is 30.8 Å². The highest BCUT2D eigenvalue weighted by atomic mass is 16.5. The molecule has 0 radical (unpaired) electrons. The average molecular weight is 294 g/mol. The van der Waals surface area contributed by atoms with Crippen molar-refractivity contribution in [3.63, 3.8) is 0 Å². The molecule has 6 nitrogen and oxygen atoms in total. The summed E-state index contributed by atoms with van der Waals surface area (Å²) in [5, 5.41) is 2.88. The van der Waals surface area contributed by atoms with Crippen LogP contribution >= 0.6 is 0 Å². The number of carbonyl (C=O) groups excluding carboxylic acids is 1. The monoisotopic (exact) mass is 294 g/mol. The van der Waals surface area contributed by atoms with Crippen molar-refractivity contribution in [3.05, 3.63) is 12.1 Å². The van der Waals surface area contributed by atoms with Gasteiger partial charge in [-0.25, -0.2) is 0 Å². The molecule has 1 amide bonds. The Labute approximate surface area is 126 Å². The number of nitrogen functional groups attached to an aromatic ring is 1. The van der Waals surface area contributed by atoms with Crippen LogP contribution in [0.4, 0.5) is 11.5 Å². The molecule has 1 rings (SSSR count). The van der Waals surface area contributed by atoms with Gasteiger partial charge in [-0.3, -0.25) is 4.79 Å². The Bertz CT molecular complexity index is 475. The maximum absolute atomic E-state index is 11.8. The summed E-state index contributed by atoms with van der Waals surface area (Å²) < 4.78 is 5.56. The van der Waals surface area contributed by atoms with Crippen molar-refractivity contribution in [1.29, 1.82) is 0 Å². The largest absolute Gasteiger partial charge is 0.473 e. The Morgan fingerprint density at radius 2 is 2.05 bits per heavy atom. The van der Waals surface area contributed by atoms with Crippen LogP contribution in [-0.2, 0) is 4.79 Å². The van der Waals surface area contributed by atoms with E-state index in [1.165, 1.54) is 0 Å². The van der Waals surface area contributed by atoms with E-state index >= 15 is 0 Å². The highest BCUT2D eigenvalue weighted by Crippen LogP contribution is 2.23. The maximum Gasteiger partial charge on any atom is 0.239 e. The van der Waals surface area contributed by atoms with Crippen molar-refractivity contribution in [3.8, 4) is 5.88 Å². The van der Waals surface area contributed by atoms with Crippen LogP contribution in [0.1, 0.15) is 27.7 Å². The van der Waals surface area contributed by atoms with Gasteiger partial charge in [-0.2, -0.15) is 4.98 Å². The summed E-state index contributed by atoms with van der Waals surface area (Å²) in [5.41, 5.74) is 6.33. The molecule has 0 atom stereocenters. The fraction of sp³-hybridized carbons (Fsp3) is 0.600. The van der Waals surface area contributed by atoms with Gasteiger partial charge in [0.25, 0.3) is 0 Å². The third-order valence-corrected chi connectivity index (χ3v) is 2.70. The first kappa shape index (κ1) is 17.1. The van der Waals surface area contributed by atoms with Gasteiger partial charge in [0, 0.05) is 13.6 Å². The lowest BCUT2D eigenvalue weighted by Crippen LogP contribution is -2.37. The first-order valence-corrected chi connectivity index (χ1v) is 7.20. The Morgan fingerprint density at radius 3 is 2.62 bits per heavy atom. The smallest absolute Gasteiger partial charge is 0.239 e. The second-order valence-electron chi connectivity index (χ2n) is 5.78. The molecule has 0 unspecified atom stereocenters. The highest BCUT2D eigenvalue weighted by Gasteiger charge is 2.12. The van der Waals surface area contributed by atoms with E-state index < -0.39 is 0 Å². The van der Waals surface area contributed by atoms with Gasteiger partial charge in [0.1, 0.15) is 5.82 Å². The molecule has 0 fully saturated rings. The third-order valence-electron chi connectivity index (χ3n) is 2.70. The number of hydrogen-bond donors (Lipinski definition) is 2. The summed E-state index contributed by atoms with van der Waals surface area (Å²) in [6.07, 6.45) is -0.00491. The molecular formula is C15H26N4O2. The summed E-state index contributed by atoms with van der Waals surface area (Å²) in [5.74, 6) is 1.45. The van der Waals surface area contributed by atoms with Crippen LogP contribution in [0.3, 0.4) is 0 Å². The summed E-state index contributed by atoms with van der Waals surface area (Å²) in [6.45, 7) is 8.85. The number of pyridine rings is 1. The molecule has 3 N–H and O–H groups in total. The molecule has 0 aliphatic carbocycles. The standard InChI is InChI=1S/C15H26N4O2/c1-10(2)8-17-14(20)9-19(5)13-7-6-12(16)15(18-13)21-11(3)4/h6-7,10-11H,8-9,16H2,1-5H3,(H,17,20). The SMILES string of the molecule is CC(C)CNC(=O)CN(C)c1ccc(N)c(OC(C)C)n1. The molecular weight excluding hydrogens is 268 g/mol. The predicted octanol–water partition coefficient (Wildman–Crippen LogP) is 1.66. The third kappa shape index (κ3) is 5.89. The van der Waals surface area contributed by atoms with E-state index in [2.05, 4.69) is 24.1 Å². The van der Waals surface area contributed by atoms with Gasteiger partial charge in [-0.1, -0.05) is 13.8 Å². The topological polar surface area (TPSA) is 80.5 Å². The van der Waals surface area contributed by atoms with Crippen LogP contribution in [-0.4, -0.2) is 37.1 Å². The quantitative estimate of drug-likeness (QED) is 0.799. The molecule has 1 aromatic heterocycles. The van der Waals surface area contributed by atoms with E-state index in [1.807, 2.05) is 20.9 Å². The number of hydrogen-bond acceptors (Lipinski definition) is 5. The lowest BCUT2D eigenvalue weighted by Gasteiger charge is -2.20. The molecule has 0 saturated heterocycles. The fourth-order valence-corrected chi connectivity index (χ4v) is 1.64. The van der Waals surface area contributed by atoms with Gasteiger partial charge in [0.15, 0.2) is 0 Å². The zero-order chi connectivity index (χ0) is 16.0.